The van der Waals surface area contributed by atoms with Crippen molar-refractivity contribution in [2.45, 2.75) is 43.4 Å². The first-order valence-corrected chi connectivity index (χ1v) is 13.7. The van der Waals surface area contributed by atoms with E-state index in [0.717, 1.165) is 12.1 Å². The molecule has 5 aliphatic rings. The molecular formula is C30H28O15. The van der Waals surface area contributed by atoms with Gasteiger partial charge in [-0.2, -0.15) is 0 Å². The van der Waals surface area contributed by atoms with E-state index in [1.165, 1.54) is 19.1 Å². The molecule has 2 heterocycles. The van der Waals surface area contributed by atoms with Gasteiger partial charge in [-0.3, -0.25) is 4.79 Å². The first-order valence-electron chi connectivity index (χ1n) is 13.7. The van der Waals surface area contributed by atoms with Crippen molar-refractivity contribution >= 4 is 17.9 Å². The molecule has 1 unspecified atom stereocenters. The van der Waals surface area contributed by atoms with Gasteiger partial charge in [0, 0.05) is 12.3 Å². The summed E-state index contributed by atoms with van der Waals surface area (Å²) in [5, 5.41) is 71.3. The summed E-state index contributed by atoms with van der Waals surface area (Å²) >= 11 is 0. The van der Waals surface area contributed by atoms with Crippen molar-refractivity contribution in [3.05, 3.63) is 76.6 Å². The number of aromatic hydroxyl groups is 3. The van der Waals surface area contributed by atoms with Crippen LogP contribution in [0.25, 0.3) is 0 Å². The van der Waals surface area contributed by atoms with Crippen LogP contribution >= 0.6 is 0 Å². The summed E-state index contributed by atoms with van der Waals surface area (Å²) in [6.45, 7) is 0.0925. The first-order chi connectivity index (χ1) is 21.2. The molecule has 4 fully saturated rings. The van der Waals surface area contributed by atoms with Crippen molar-refractivity contribution in [2.24, 2.45) is 11.3 Å². The number of aliphatic hydroxyl groups excluding tert-OH is 4. The largest absolute Gasteiger partial charge is 0.504 e. The van der Waals surface area contributed by atoms with Crippen LogP contribution in [0.3, 0.4) is 0 Å². The highest BCUT2D eigenvalue weighted by Crippen LogP contribution is 2.73. The molecule has 4 bridgehead atoms. The Balaban J connectivity index is 1.25. The Morgan fingerprint density at radius 1 is 0.911 bits per heavy atom. The Kier molecular flexibility index (Phi) is 6.78. The molecule has 15 heteroatoms. The topological polar surface area (TPSA) is 239 Å². The molecule has 0 radical (unpaired) electrons. The van der Waals surface area contributed by atoms with Crippen LogP contribution in [0.5, 0.6) is 17.2 Å². The van der Waals surface area contributed by atoms with E-state index in [-0.39, 0.29) is 24.0 Å². The summed E-state index contributed by atoms with van der Waals surface area (Å²) in [6, 6.07) is 9.60. The van der Waals surface area contributed by atoms with Gasteiger partial charge < -0.3 is 59.4 Å². The Labute approximate surface area is 253 Å². The molecule has 2 aliphatic heterocycles. The molecule has 238 valence electrons. The van der Waals surface area contributed by atoms with Crippen molar-refractivity contribution in [2.75, 3.05) is 13.2 Å². The number of esters is 3. The molecule has 2 aromatic carbocycles. The molecule has 0 amide bonds. The van der Waals surface area contributed by atoms with Gasteiger partial charge >= 0.3 is 17.9 Å². The number of hydrogen-bond acceptors (Lipinski definition) is 15. The monoisotopic (exact) mass is 628 g/mol. The first kappa shape index (κ1) is 29.9. The smallest absolute Gasteiger partial charge is 0.338 e. The predicted molar refractivity (Wildman–Crippen MR) is 145 cm³/mol. The second kappa shape index (κ2) is 10.2. The van der Waals surface area contributed by atoms with Crippen LogP contribution in [0.2, 0.25) is 0 Å². The second-order valence-corrected chi connectivity index (χ2v) is 11.5. The third kappa shape index (κ3) is 4.22. The summed E-state index contributed by atoms with van der Waals surface area (Å²) < 4.78 is 28.1. The van der Waals surface area contributed by atoms with Gasteiger partial charge in [0.2, 0.25) is 17.3 Å². The molecule has 2 aromatic rings. The summed E-state index contributed by atoms with van der Waals surface area (Å²) in [4.78, 5) is 38.8. The van der Waals surface area contributed by atoms with Gasteiger partial charge in [-0.15, -0.1) is 0 Å². The standard InChI is InChI=1S/C30H28O15/c1-28-10-18(33)15-9-30(28,29(15,27(40)45-28)12-42-24(38)13-5-3-2-4-6-13)44-26-23(37)22(36)21(35)19(43-26)11-41-25(39)14-7-16(31)20(34)17(32)8-14/h2-8,15,18,26,31-37H,9-12H2,1H3/t15-,18+,26-,28-,29-,30?/m0/s1. The number of carbonyl (C=O) groups excluding carboxylic acids is 3. The highest BCUT2D eigenvalue weighted by Gasteiger charge is 2.88. The average Bonchev–Trinajstić information content (AvgIpc) is 3.07. The third-order valence-corrected chi connectivity index (χ3v) is 9.05. The van der Waals surface area contributed by atoms with Gasteiger partial charge in [-0.1, -0.05) is 18.2 Å². The maximum absolute atomic E-state index is 13.5. The molecular weight excluding hydrogens is 600 g/mol. The van der Waals surface area contributed by atoms with Crippen molar-refractivity contribution in [3.63, 3.8) is 0 Å². The van der Waals surface area contributed by atoms with Gasteiger partial charge in [0.25, 0.3) is 6.29 Å². The Bertz CT molecular complexity index is 1640. The van der Waals surface area contributed by atoms with E-state index in [1.54, 1.807) is 18.2 Å². The molecule has 7 rings (SSSR count). The van der Waals surface area contributed by atoms with E-state index in [0.29, 0.717) is 0 Å². The van der Waals surface area contributed by atoms with Gasteiger partial charge in [0.05, 0.1) is 17.2 Å². The quantitative estimate of drug-likeness (QED) is 0.126. The lowest BCUT2D eigenvalue weighted by molar-refractivity contribution is -0.350. The number of ether oxygens (including phenoxy) is 5. The number of carbonyl (C=O) groups is 3. The summed E-state index contributed by atoms with van der Waals surface area (Å²) in [6.07, 6.45) is -3.00. The lowest BCUT2D eigenvalue weighted by atomic mass is 9.40. The Morgan fingerprint density at radius 3 is 2.22 bits per heavy atom. The fourth-order valence-corrected chi connectivity index (χ4v) is 6.73. The Morgan fingerprint density at radius 2 is 1.56 bits per heavy atom. The van der Waals surface area contributed by atoms with Crippen LogP contribution in [0.15, 0.2) is 65.5 Å². The second-order valence-electron chi connectivity index (χ2n) is 11.5. The van der Waals surface area contributed by atoms with Crippen molar-refractivity contribution in [3.8, 4) is 17.2 Å². The fraction of sp³-hybridized carbons (Fsp3) is 0.367. The lowest BCUT2D eigenvalue weighted by Gasteiger charge is -2.65. The van der Waals surface area contributed by atoms with Crippen LogP contribution < -0.4 is 0 Å². The highest BCUT2D eigenvalue weighted by molar-refractivity contribution is 5.91. The molecule has 0 aromatic heterocycles. The number of fused-ring (bicyclic) bond motifs is 1. The van der Waals surface area contributed by atoms with Gasteiger partial charge in [-0.25, -0.2) is 9.59 Å². The van der Waals surface area contributed by atoms with Gasteiger partial charge in [0.15, 0.2) is 29.6 Å². The zero-order valence-corrected chi connectivity index (χ0v) is 23.5. The summed E-state index contributed by atoms with van der Waals surface area (Å²) in [5.74, 6) is -9.63. The minimum absolute atomic E-state index is 0.00104. The molecule has 6 atom stereocenters. The number of hydrogen-bond donors (Lipinski definition) is 7. The number of rotatable bonds is 8. The molecule has 3 saturated carbocycles. The fourth-order valence-electron chi connectivity index (χ4n) is 6.73. The van der Waals surface area contributed by atoms with E-state index in [1.807, 2.05) is 0 Å². The lowest BCUT2D eigenvalue weighted by Crippen LogP contribution is -2.79. The zero-order valence-electron chi connectivity index (χ0n) is 23.5. The Hall–Kier alpha value is -5.15. The molecule has 15 nitrogen and oxygen atoms in total. The van der Waals surface area contributed by atoms with E-state index < -0.39 is 106 Å². The van der Waals surface area contributed by atoms with Crippen LogP contribution in [0.1, 0.15) is 40.5 Å². The van der Waals surface area contributed by atoms with Crippen molar-refractivity contribution in [1.82, 2.24) is 0 Å². The van der Waals surface area contributed by atoms with Crippen LogP contribution in [-0.4, -0.2) is 90.5 Å². The molecule has 3 aliphatic carbocycles. The number of benzene rings is 2. The van der Waals surface area contributed by atoms with E-state index >= 15 is 0 Å². The summed E-state index contributed by atoms with van der Waals surface area (Å²) in [5.41, 5.74) is -5.08. The van der Waals surface area contributed by atoms with E-state index in [4.69, 9.17) is 23.7 Å². The molecule has 1 saturated heterocycles. The normalized spacial score (nSPS) is 31.5. The van der Waals surface area contributed by atoms with E-state index in [9.17, 15) is 50.1 Å². The third-order valence-electron chi connectivity index (χ3n) is 9.05. The number of aliphatic hydroxyl groups is 4. The maximum atomic E-state index is 13.5. The van der Waals surface area contributed by atoms with Crippen LogP contribution in [-0.2, 0) is 28.5 Å². The molecule has 45 heavy (non-hydrogen) atoms. The van der Waals surface area contributed by atoms with Gasteiger partial charge in [-0.05, 0) is 37.6 Å². The van der Waals surface area contributed by atoms with Crippen molar-refractivity contribution < 1.29 is 73.8 Å². The van der Waals surface area contributed by atoms with Crippen LogP contribution in [0.4, 0.5) is 0 Å². The SMILES string of the molecule is C[C@]12C[C@@H](O)[C@@H]3CC1(O[C@@H]1OC(COC(=O)c4cc(O)c(O)c(O)c4)=C(O)C(O)=C1O)[C@]3(COC(=O)c1ccccc1)C(=O)O2. The highest BCUT2D eigenvalue weighted by atomic mass is 16.7. The predicted octanol–water partition coefficient (Wildman–Crippen LogP) is 2.11. The minimum Gasteiger partial charge on any atom is -0.504 e. The average molecular weight is 629 g/mol. The van der Waals surface area contributed by atoms with Crippen molar-refractivity contribution in [1.29, 1.82) is 0 Å². The number of phenols is 3. The molecule has 0 spiro atoms. The van der Waals surface area contributed by atoms with Gasteiger partial charge in [0.1, 0.15) is 23.2 Å². The van der Waals surface area contributed by atoms with Crippen LogP contribution in [0, 0.1) is 11.3 Å². The summed E-state index contributed by atoms with van der Waals surface area (Å²) in [7, 11) is 0. The zero-order chi connectivity index (χ0) is 32.5. The minimum atomic E-state index is -1.90. The number of phenolic OH excluding ortho intramolecular Hbond substituents is 3. The molecule has 7 N–H and O–H groups in total. The maximum Gasteiger partial charge on any atom is 0.338 e. The van der Waals surface area contributed by atoms with E-state index in [2.05, 4.69) is 0 Å².